The number of hydrogen-bond acceptors (Lipinski definition) is 2. The highest BCUT2D eigenvalue weighted by Crippen LogP contribution is 2.37. The summed E-state index contributed by atoms with van der Waals surface area (Å²) in [5.41, 5.74) is 2.97. The second kappa shape index (κ2) is 4.26. The van der Waals surface area contributed by atoms with Gasteiger partial charge in [-0.05, 0) is 30.2 Å². The number of halogens is 1. The summed E-state index contributed by atoms with van der Waals surface area (Å²) < 4.78 is 14.0. The van der Waals surface area contributed by atoms with E-state index in [2.05, 4.69) is 0 Å². The van der Waals surface area contributed by atoms with E-state index >= 15 is 0 Å². The molecule has 0 saturated heterocycles. The molecule has 90 valence electrons. The van der Waals surface area contributed by atoms with Crippen molar-refractivity contribution in [2.75, 3.05) is 11.4 Å². The van der Waals surface area contributed by atoms with Crippen LogP contribution < -0.4 is 4.90 Å². The topological polar surface area (TPSA) is 20.3 Å². The molecule has 0 fully saturated rings. The molecule has 18 heavy (non-hydrogen) atoms. The largest absolute Gasteiger partial charge is 0.338 e. The smallest absolute Gasteiger partial charge is 0.152 e. The van der Waals surface area contributed by atoms with Gasteiger partial charge in [0.1, 0.15) is 5.82 Å². The summed E-state index contributed by atoms with van der Waals surface area (Å²) in [7, 11) is 0. The van der Waals surface area contributed by atoms with Crippen LogP contribution in [0.25, 0.3) is 0 Å². The first kappa shape index (κ1) is 11.0. The molecule has 0 spiro atoms. The number of fused-ring (bicyclic) bond motifs is 1. The molecule has 0 amide bonds. The quantitative estimate of drug-likeness (QED) is 0.752. The van der Waals surface area contributed by atoms with Crippen LogP contribution in [0.1, 0.15) is 15.9 Å². The third kappa shape index (κ3) is 1.59. The molecule has 0 bridgehead atoms. The SMILES string of the molecule is O=Cc1cccc(F)c1N1CCc2ccccc21. The Morgan fingerprint density at radius 1 is 1.11 bits per heavy atom. The second-order valence-electron chi connectivity index (χ2n) is 4.33. The van der Waals surface area contributed by atoms with E-state index in [9.17, 15) is 9.18 Å². The van der Waals surface area contributed by atoms with Gasteiger partial charge in [0.25, 0.3) is 0 Å². The van der Waals surface area contributed by atoms with Crippen LogP contribution in [-0.4, -0.2) is 12.8 Å². The van der Waals surface area contributed by atoms with E-state index < -0.39 is 0 Å². The second-order valence-corrected chi connectivity index (χ2v) is 4.33. The van der Waals surface area contributed by atoms with Gasteiger partial charge < -0.3 is 4.90 Å². The minimum Gasteiger partial charge on any atom is -0.338 e. The number of benzene rings is 2. The number of hydrogen-bond donors (Lipinski definition) is 0. The minimum absolute atomic E-state index is 0.351. The molecular formula is C15H12FNO. The van der Waals surface area contributed by atoms with E-state index in [0.717, 1.165) is 12.1 Å². The van der Waals surface area contributed by atoms with E-state index in [1.807, 2.05) is 29.2 Å². The average Bonchev–Trinajstić information content (AvgIpc) is 2.82. The molecule has 3 rings (SSSR count). The van der Waals surface area contributed by atoms with E-state index in [4.69, 9.17) is 0 Å². The lowest BCUT2D eigenvalue weighted by Crippen LogP contribution is -2.16. The number of aldehydes is 1. The molecule has 0 atom stereocenters. The van der Waals surface area contributed by atoms with Gasteiger partial charge >= 0.3 is 0 Å². The Labute approximate surface area is 105 Å². The van der Waals surface area contributed by atoms with Crippen LogP contribution in [0.3, 0.4) is 0 Å². The van der Waals surface area contributed by atoms with Gasteiger partial charge in [-0.1, -0.05) is 24.3 Å². The van der Waals surface area contributed by atoms with Gasteiger partial charge in [0.2, 0.25) is 0 Å². The molecule has 0 radical (unpaired) electrons. The lowest BCUT2D eigenvalue weighted by atomic mass is 10.1. The van der Waals surface area contributed by atoms with Crippen molar-refractivity contribution in [3.8, 4) is 0 Å². The Morgan fingerprint density at radius 3 is 2.78 bits per heavy atom. The minimum atomic E-state index is -0.351. The molecule has 0 saturated carbocycles. The van der Waals surface area contributed by atoms with E-state index in [1.54, 1.807) is 12.1 Å². The first-order valence-electron chi connectivity index (χ1n) is 5.90. The van der Waals surface area contributed by atoms with Crippen LogP contribution in [0.4, 0.5) is 15.8 Å². The van der Waals surface area contributed by atoms with Crippen LogP contribution >= 0.6 is 0 Å². The van der Waals surface area contributed by atoms with Gasteiger partial charge in [-0.3, -0.25) is 4.79 Å². The zero-order chi connectivity index (χ0) is 12.5. The van der Waals surface area contributed by atoms with Crippen molar-refractivity contribution in [3.05, 3.63) is 59.4 Å². The third-order valence-corrected chi connectivity index (χ3v) is 3.30. The summed E-state index contributed by atoms with van der Waals surface area (Å²) in [6, 6.07) is 12.5. The molecular weight excluding hydrogens is 229 g/mol. The normalized spacial score (nSPS) is 13.5. The zero-order valence-corrected chi connectivity index (χ0v) is 9.77. The fourth-order valence-electron chi connectivity index (χ4n) is 2.48. The Kier molecular flexibility index (Phi) is 2.59. The third-order valence-electron chi connectivity index (χ3n) is 3.30. The first-order valence-corrected chi connectivity index (χ1v) is 5.90. The van der Waals surface area contributed by atoms with Crippen LogP contribution in [0.2, 0.25) is 0 Å². The van der Waals surface area contributed by atoms with Gasteiger partial charge in [0.15, 0.2) is 6.29 Å². The highest BCUT2D eigenvalue weighted by atomic mass is 19.1. The Bertz CT molecular complexity index is 609. The Balaban J connectivity index is 2.16. The summed E-state index contributed by atoms with van der Waals surface area (Å²) in [4.78, 5) is 12.9. The highest BCUT2D eigenvalue weighted by Gasteiger charge is 2.24. The van der Waals surface area contributed by atoms with Crippen molar-refractivity contribution in [1.29, 1.82) is 0 Å². The van der Waals surface area contributed by atoms with Crippen LogP contribution in [0.15, 0.2) is 42.5 Å². The van der Waals surface area contributed by atoms with Gasteiger partial charge in [0.05, 0.1) is 5.69 Å². The summed E-state index contributed by atoms with van der Waals surface area (Å²) in [5, 5.41) is 0. The number of carbonyl (C=O) groups excluding carboxylic acids is 1. The van der Waals surface area contributed by atoms with Crippen LogP contribution in [-0.2, 0) is 6.42 Å². The molecule has 1 aliphatic heterocycles. The fourth-order valence-corrected chi connectivity index (χ4v) is 2.48. The van der Waals surface area contributed by atoms with E-state index in [1.165, 1.54) is 11.6 Å². The van der Waals surface area contributed by atoms with Gasteiger partial charge in [0, 0.05) is 17.8 Å². The molecule has 1 aliphatic rings. The molecule has 0 aliphatic carbocycles. The molecule has 1 heterocycles. The Hall–Kier alpha value is -2.16. The van der Waals surface area contributed by atoms with Crippen molar-refractivity contribution < 1.29 is 9.18 Å². The van der Waals surface area contributed by atoms with Crippen LogP contribution in [0, 0.1) is 5.82 Å². The van der Waals surface area contributed by atoms with E-state index in [-0.39, 0.29) is 5.82 Å². The summed E-state index contributed by atoms with van der Waals surface area (Å²) in [6.45, 7) is 0.709. The van der Waals surface area contributed by atoms with Crippen molar-refractivity contribution in [2.45, 2.75) is 6.42 Å². The maximum atomic E-state index is 14.0. The summed E-state index contributed by atoms with van der Waals surface area (Å²) in [5.74, 6) is -0.351. The van der Waals surface area contributed by atoms with Crippen molar-refractivity contribution in [1.82, 2.24) is 0 Å². The summed E-state index contributed by atoms with van der Waals surface area (Å²) in [6.07, 6.45) is 1.59. The number of nitrogens with zero attached hydrogens (tertiary/aromatic N) is 1. The molecule has 0 N–H and O–H groups in total. The molecule has 3 heteroatoms. The van der Waals surface area contributed by atoms with Crippen molar-refractivity contribution in [2.24, 2.45) is 0 Å². The van der Waals surface area contributed by atoms with Crippen LogP contribution in [0.5, 0.6) is 0 Å². The number of carbonyl (C=O) groups is 1. The van der Waals surface area contributed by atoms with Crippen molar-refractivity contribution >= 4 is 17.7 Å². The predicted molar refractivity (Wildman–Crippen MR) is 68.9 cm³/mol. The molecule has 2 aromatic carbocycles. The highest BCUT2D eigenvalue weighted by molar-refractivity contribution is 5.88. The Morgan fingerprint density at radius 2 is 1.94 bits per heavy atom. The number of anilines is 2. The van der Waals surface area contributed by atoms with E-state index in [0.29, 0.717) is 24.1 Å². The van der Waals surface area contributed by atoms with Gasteiger partial charge in [-0.2, -0.15) is 0 Å². The first-order chi connectivity index (χ1) is 8.81. The van der Waals surface area contributed by atoms with Gasteiger partial charge in [-0.15, -0.1) is 0 Å². The average molecular weight is 241 g/mol. The standard InChI is InChI=1S/C15H12FNO/c16-13-6-3-5-12(10-18)15(13)17-9-8-11-4-1-2-7-14(11)17/h1-7,10H,8-9H2. The molecule has 2 aromatic rings. The lowest BCUT2D eigenvalue weighted by molar-refractivity contribution is 0.112. The summed E-state index contributed by atoms with van der Waals surface area (Å²) >= 11 is 0. The lowest BCUT2D eigenvalue weighted by Gasteiger charge is -2.21. The monoisotopic (exact) mass is 241 g/mol. The fraction of sp³-hybridized carbons (Fsp3) is 0.133. The number of para-hydroxylation sites is 2. The molecule has 0 aromatic heterocycles. The molecule has 0 unspecified atom stereocenters. The number of rotatable bonds is 2. The predicted octanol–water partition coefficient (Wildman–Crippen LogP) is 3.33. The van der Waals surface area contributed by atoms with Crippen molar-refractivity contribution in [3.63, 3.8) is 0 Å². The maximum absolute atomic E-state index is 14.0. The zero-order valence-electron chi connectivity index (χ0n) is 9.77. The maximum Gasteiger partial charge on any atom is 0.152 e. The molecule has 2 nitrogen and oxygen atoms in total. The van der Waals surface area contributed by atoms with Gasteiger partial charge in [-0.25, -0.2) is 4.39 Å².